The number of nitrogens with one attached hydrogen (secondary N) is 2. The molecule has 0 aliphatic rings. The Hall–Kier alpha value is -3.81. The van der Waals surface area contributed by atoms with Gasteiger partial charge in [-0.3, -0.25) is 9.59 Å². The van der Waals surface area contributed by atoms with E-state index in [0.29, 0.717) is 11.1 Å². The molecule has 0 aliphatic heterocycles. The highest BCUT2D eigenvalue weighted by molar-refractivity contribution is 5.88. The molecule has 0 saturated carbocycles. The predicted molar refractivity (Wildman–Crippen MR) is 97.8 cm³/mol. The molecule has 0 fully saturated rings. The quantitative estimate of drug-likeness (QED) is 0.431. The first-order valence-corrected chi connectivity index (χ1v) is 7.93. The van der Waals surface area contributed by atoms with Gasteiger partial charge in [0.25, 0.3) is 11.5 Å². The molecule has 0 saturated heterocycles. The Morgan fingerprint density at radius 3 is 2.92 bits per heavy atom. The maximum Gasteiger partial charge on any atom is 0.261 e. The number of benzene rings is 2. The molecule has 0 aliphatic carbocycles. The molecule has 4 rings (SSSR count). The van der Waals surface area contributed by atoms with E-state index >= 15 is 0 Å². The van der Waals surface area contributed by atoms with Gasteiger partial charge < -0.3 is 4.98 Å². The van der Waals surface area contributed by atoms with Crippen molar-refractivity contribution in [3.05, 3.63) is 70.5 Å². The van der Waals surface area contributed by atoms with Crippen molar-refractivity contribution in [1.29, 1.82) is 0 Å². The van der Waals surface area contributed by atoms with Crippen molar-refractivity contribution in [1.82, 2.24) is 25.4 Å². The highest BCUT2D eigenvalue weighted by Crippen LogP contribution is 2.10. The van der Waals surface area contributed by atoms with Crippen molar-refractivity contribution >= 4 is 34.1 Å². The summed E-state index contributed by atoms with van der Waals surface area (Å²) in [5, 5.41) is 12.7. The average Bonchev–Trinajstić information content (AvgIpc) is 3.05. The molecule has 0 spiro atoms. The van der Waals surface area contributed by atoms with Crippen LogP contribution in [0, 0.1) is 0 Å². The molecule has 0 radical (unpaired) electrons. The molecule has 2 aromatic carbocycles. The van der Waals surface area contributed by atoms with Gasteiger partial charge in [0.15, 0.2) is 0 Å². The Morgan fingerprint density at radius 1 is 1.19 bits per heavy atom. The van der Waals surface area contributed by atoms with Gasteiger partial charge in [-0.05, 0) is 29.7 Å². The Morgan fingerprint density at radius 2 is 2.00 bits per heavy atom. The predicted octanol–water partition coefficient (Wildman–Crippen LogP) is 1.42. The lowest BCUT2D eigenvalue weighted by atomic mass is 10.2. The third-order valence-electron chi connectivity index (χ3n) is 3.89. The average molecular weight is 346 g/mol. The highest BCUT2D eigenvalue weighted by atomic mass is 16.2. The van der Waals surface area contributed by atoms with Crippen LogP contribution in [0.25, 0.3) is 21.9 Å². The minimum absolute atomic E-state index is 0.0219. The normalized spacial score (nSPS) is 11.4. The van der Waals surface area contributed by atoms with Gasteiger partial charge in [0.2, 0.25) is 0 Å². The van der Waals surface area contributed by atoms with Gasteiger partial charge >= 0.3 is 0 Å². The summed E-state index contributed by atoms with van der Waals surface area (Å²) in [6.07, 6.45) is 1.32. The molecule has 26 heavy (non-hydrogen) atoms. The summed E-state index contributed by atoms with van der Waals surface area (Å²) in [5.74, 6) is -0.367. The molecule has 8 heteroatoms. The number of para-hydroxylation sites is 2. The lowest BCUT2D eigenvalue weighted by Gasteiger charge is -2.01. The van der Waals surface area contributed by atoms with Crippen molar-refractivity contribution in [3.8, 4) is 0 Å². The number of fused-ring (bicyclic) bond motifs is 2. The molecule has 0 bridgehead atoms. The summed E-state index contributed by atoms with van der Waals surface area (Å²) >= 11 is 0. The maximum atomic E-state index is 12.0. The first-order valence-electron chi connectivity index (χ1n) is 7.93. The number of nitrogens with zero attached hydrogens (tertiary/aromatic N) is 4. The van der Waals surface area contributed by atoms with Crippen LogP contribution in [0.5, 0.6) is 0 Å². The number of carbonyl (C=O) groups excluding carboxylic acids is 1. The molecule has 0 unspecified atom stereocenters. The van der Waals surface area contributed by atoms with E-state index in [4.69, 9.17) is 0 Å². The zero-order valence-electron chi connectivity index (χ0n) is 13.6. The van der Waals surface area contributed by atoms with E-state index in [1.54, 1.807) is 6.07 Å². The Bertz CT molecular complexity index is 1190. The minimum atomic E-state index is -0.367. The molecule has 0 atom stereocenters. The third-order valence-corrected chi connectivity index (χ3v) is 3.89. The van der Waals surface area contributed by atoms with E-state index < -0.39 is 0 Å². The number of H-pyrrole nitrogens is 1. The monoisotopic (exact) mass is 346 g/mol. The van der Waals surface area contributed by atoms with Crippen LogP contribution in [0.4, 0.5) is 0 Å². The van der Waals surface area contributed by atoms with Crippen LogP contribution >= 0.6 is 0 Å². The van der Waals surface area contributed by atoms with E-state index in [2.05, 4.69) is 25.8 Å². The van der Waals surface area contributed by atoms with Crippen molar-refractivity contribution < 1.29 is 4.79 Å². The van der Waals surface area contributed by atoms with Crippen LogP contribution in [-0.4, -0.2) is 32.1 Å². The largest absolute Gasteiger partial charge is 0.321 e. The smallest absolute Gasteiger partial charge is 0.261 e. The Kier molecular flexibility index (Phi) is 3.98. The van der Waals surface area contributed by atoms with Crippen molar-refractivity contribution in [2.75, 3.05) is 0 Å². The minimum Gasteiger partial charge on any atom is -0.321 e. The first kappa shape index (κ1) is 15.7. The number of aromatic amines is 1. The zero-order chi connectivity index (χ0) is 17.9. The second-order valence-electron chi connectivity index (χ2n) is 5.67. The fourth-order valence-electron chi connectivity index (χ4n) is 2.64. The lowest BCUT2D eigenvalue weighted by Crippen LogP contribution is -2.24. The summed E-state index contributed by atoms with van der Waals surface area (Å²) in [6, 6.07) is 16.5. The molecule has 8 nitrogen and oxygen atoms in total. The van der Waals surface area contributed by atoms with Crippen LogP contribution in [-0.2, 0) is 11.3 Å². The molecule has 2 heterocycles. The van der Waals surface area contributed by atoms with Crippen molar-refractivity contribution in [3.63, 3.8) is 0 Å². The number of hydrazone groups is 1. The van der Waals surface area contributed by atoms with Gasteiger partial charge in [-0.2, -0.15) is 5.10 Å². The topological polar surface area (TPSA) is 105 Å². The third kappa shape index (κ3) is 3.07. The Labute approximate surface area is 147 Å². The van der Waals surface area contributed by atoms with Gasteiger partial charge in [-0.15, -0.1) is 5.10 Å². The summed E-state index contributed by atoms with van der Waals surface area (Å²) in [6.45, 7) is -0.0219. The lowest BCUT2D eigenvalue weighted by molar-refractivity contribution is -0.121. The van der Waals surface area contributed by atoms with Gasteiger partial charge in [0.05, 0.1) is 17.3 Å². The van der Waals surface area contributed by atoms with E-state index in [9.17, 15) is 9.59 Å². The number of hydrogen-bond donors (Lipinski definition) is 2. The summed E-state index contributed by atoms with van der Waals surface area (Å²) in [7, 11) is 0. The van der Waals surface area contributed by atoms with Gasteiger partial charge in [-0.1, -0.05) is 35.5 Å². The highest BCUT2D eigenvalue weighted by Gasteiger charge is 2.07. The molecular formula is C18H14N6O2. The second-order valence-corrected chi connectivity index (χ2v) is 5.67. The fourth-order valence-corrected chi connectivity index (χ4v) is 2.64. The van der Waals surface area contributed by atoms with Crippen LogP contribution in [0.2, 0.25) is 0 Å². The number of pyridine rings is 1. The van der Waals surface area contributed by atoms with Crippen molar-refractivity contribution in [2.24, 2.45) is 5.10 Å². The standard InChI is InChI=1S/C18H14N6O2/c25-17(11-24-16-8-4-3-7-15(16)21-23-24)22-19-10-13-9-12-5-1-2-6-14(12)20-18(13)26/h1-10H,11H2,(H,20,26)(H,22,25)/b19-10+. The number of amides is 1. The molecule has 4 aromatic rings. The van der Waals surface area contributed by atoms with Crippen LogP contribution < -0.4 is 11.0 Å². The summed E-state index contributed by atoms with van der Waals surface area (Å²) in [4.78, 5) is 26.8. The number of aromatic nitrogens is 4. The molecule has 2 N–H and O–H groups in total. The zero-order valence-corrected chi connectivity index (χ0v) is 13.6. The van der Waals surface area contributed by atoms with E-state index in [1.165, 1.54) is 10.9 Å². The summed E-state index contributed by atoms with van der Waals surface area (Å²) in [5.41, 5.74) is 4.70. The Balaban J connectivity index is 1.47. The first-order chi connectivity index (χ1) is 12.7. The molecule has 1 amide bonds. The number of carbonyl (C=O) groups is 1. The fraction of sp³-hybridized carbons (Fsp3) is 0.0556. The van der Waals surface area contributed by atoms with Crippen LogP contribution in [0.1, 0.15) is 5.56 Å². The molecular weight excluding hydrogens is 332 g/mol. The molecule has 2 aromatic heterocycles. The number of hydrogen-bond acceptors (Lipinski definition) is 5. The SMILES string of the molecule is O=C(Cn1nnc2ccccc21)N/N=C/c1cc2ccccc2[nH]c1=O. The second kappa shape index (κ2) is 6.60. The van der Waals surface area contributed by atoms with Crippen LogP contribution in [0.3, 0.4) is 0 Å². The maximum absolute atomic E-state index is 12.0. The molecule has 128 valence electrons. The summed E-state index contributed by atoms with van der Waals surface area (Å²) < 4.78 is 1.49. The van der Waals surface area contributed by atoms with E-state index in [0.717, 1.165) is 16.4 Å². The van der Waals surface area contributed by atoms with Gasteiger partial charge in [0.1, 0.15) is 12.1 Å². The van der Waals surface area contributed by atoms with Gasteiger partial charge in [0, 0.05) is 5.52 Å². The van der Waals surface area contributed by atoms with Gasteiger partial charge in [-0.25, -0.2) is 10.1 Å². The van der Waals surface area contributed by atoms with E-state index in [1.807, 2.05) is 48.5 Å². The van der Waals surface area contributed by atoms with Crippen molar-refractivity contribution in [2.45, 2.75) is 6.54 Å². The number of rotatable bonds is 4. The van der Waals surface area contributed by atoms with Crippen LogP contribution in [0.15, 0.2) is 64.5 Å². The van der Waals surface area contributed by atoms with E-state index in [-0.39, 0.29) is 18.0 Å².